The lowest BCUT2D eigenvalue weighted by atomic mass is 10.1. The molecule has 0 amide bonds. The van der Waals surface area contributed by atoms with E-state index in [1.807, 2.05) is 11.4 Å². The van der Waals surface area contributed by atoms with Gasteiger partial charge in [0.15, 0.2) is 0 Å². The van der Waals surface area contributed by atoms with E-state index in [9.17, 15) is 9.50 Å². The molecule has 0 radical (unpaired) electrons. The zero-order valence-electron chi connectivity index (χ0n) is 11.9. The van der Waals surface area contributed by atoms with Crippen molar-refractivity contribution in [3.63, 3.8) is 0 Å². The lowest BCUT2D eigenvalue weighted by molar-refractivity contribution is 0.182. The number of thiophene rings is 1. The largest absolute Gasteiger partial charge is 0.494 e. The van der Waals surface area contributed by atoms with Crippen molar-refractivity contribution >= 4 is 21.4 Å². The second-order valence-electron chi connectivity index (χ2n) is 4.80. The zero-order chi connectivity index (χ0) is 15.7. The van der Waals surface area contributed by atoms with Crippen molar-refractivity contribution < 1.29 is 14.2 Å². The van der Waals surface area contributed by atoms with Crippen LogP contribution in [0.15, 0.2) is 35.7 Å². The molecule has 3 N–H and O–H groups in total. The number of hydrogen-bond donors (Lipinski definition) is 2. The maximum atomic E-state index is 13.9. The van der Waals surface area contributed by atoms with Crippen molar-refractivity contribution in [3.8, 4) is 17.0 Å². The molecule has 6 heteroatoms. The van der Waals surface area contributed by atoms with E-state index < -0.39 is 6.10 Å². The number of aliphatic hydroxyl groups excluding tert-OH is 1. The van der Waals surface area contributed by atoms with E-state index in [-0.39, 0.29) is 12.4 Å². The summed E-state index contributed by atoms with van der Waals surface area (Å²) in [5, 5.41) is 12.5. The number of aromatic nitrogens is 1. The van der Waals surface area contributed by atoms with Gasteiger partial charge in [-0.25, -0.2) is 9.37 Å². The minimum atomic E-state index is -0.841. The fourth-order valence-electron chi connectivity index (χ4n) is 2.33. The van der Waals surface area contributed by atoms with Crippen molar-refractivity contribution in [1.29, 1.82) is 0 Å². The molecular formula is C16H15FN2O2S. The maximum absolute atomic E-state index is 13.9. The summed E-state index contributed by atoms with van der Waals surface area (Å²) in [5.74, 6) is 0.308. The standard InChI is InChI=1S/C16H15FN2O2S/c1-21-14-6-5-12(13(20)7-18)19-15(14)10-8-22-16-9(10)3-2-4-11(16)17/h2-6,8,13,20H,7,18H2,1H3. The topological polar surface area (TPSA) is 68.4 Å². The van der Waals surface area contributed by atoms with Gasteiger partial charge in [0.2, 0.25) is 0 Å². The summed E-state index contributed by atoms with van der Waals surface area (Å²) in [6, 6.07) is 8.35. The first kappa shape index (κ1) is 14.9. The molecule has 0 bridgehead atoms. The molecule has 0 spiro atoms. The van der Waals surface area contributed by atoms with Gasteiger partial charge in [-0.2, -0.15) is 0 Å². The van der Waals surface area contributed by atoms with Crippen LogP contribution in [-0.4, -0.2) is 23.7 Å². The molecule has 1 unspecified atom stereocenters. The molecule has 22 heavy (non-hydrogen) atoms. The van der Waals surface area contributed by atoms with Gasteiger partial charge in [-0.15, -0.1) is 11.3 Å². The first-order valence-corrected chi connectivity index (χ1v) is 7.62. The highest BCUT2D eigenvalue weighted by atomic mass is 32.1. The van der Waals surface area contributed by atoms with Gasteiger partial charge in [0, 0.05) is 22.9 Å². The van der Waals surface area contributed by atoms with Gasteiger partial charge in [-0.3, -0.25) is 0 Å². The van der Waals surface area contributed by atoms with Crippen LogP contribution < -0.4 is 10.5 Å². The number of aliphatic hydroxyl groups is 1. The Morgan fingerprint density at radius 3 is 2.91 bits per heavy atom. The number of halogens is 1. The third-order valence-electron chi connectivity index (χ3n) is 3.47. The number of hydrogen-bond acceptors (Lipinski definition) is 5. The highest BCUT2D eigenvalue weighted by molar-refractivity contribution is 7.17. The number of nitrogens with two attached hydrogens (primary N) is 1. The van der Waals surface area contributed by atoms with Crippen molar-refractivity contribution in [2.75, 3.05) is 13.7 Å². The van der Waals surface area contributed by atoms with Crippen LogP contribution in [0.4, 0.5) is 4.39 Å². The summed E-state index contributed by atoms with van der Waals surface area (Å²) in [6.45, 7) is 0.0811. The predicted molar refractivity (Wildman–Crippen MR) is 85.6 cm³/mol. The molecule has 1 aromatic carbocycles. The van der Waals surface area contributed by atoms with E-state index in [1.165, 1.54) is 17.4 Å². The van der Waals surface area contributed by atoms with E-state index in [0.29, 0.717) is 21.8 Å². The Labute approximate surface area is 131 Å². The number of pyridine rings is 1. The fraction of sp³-hybridized carbons (Fsp3) is 0.188. The van der Waals surface area contributed by atoms with Gasteiger partial charge in [-0.05, 0) is 18.2 Å². The molecule has 0 fully saturated rings. The highest BCUT2D eigenvalue weighted by Gasteiger charge is 2.17. The molecule has 0 saturated carbocycles. The molecule has 114 valence electrons. The number of methoxy groups -OCH3 is 1. The summed E-state index contributed by atoms with van der Waals surface area (Å²) in [5.41, 5.74) is 7.31. The van der Waals surface area contributed by atoms with Gasteiger partial charge in [-0.1, -0.05) is 12.1 Å². The van der Waals surface area contributed by atoms with Crippen LogP contribution in [0.1, 0.15) is 11.8 Å². The summed E-state index contributed by atoms with van der Waals surface area (Å²) in [4.78, 5) is 4.47. The Hall–Kier alpha value is -2.02. The molecule has 0 aliphatic carbocycles. The van der Waals surface area contributed by atoms with Crippen molar-refractivity contribution in [2.45, 2.75) is 6.10 Å². The predicted octanol–water partition coefficient (Wildman–Crippen LogP) is 3.10. The maximum Gasteiger partial charge on any atom is 0.145 e. The average Bonchev–Trinajstić information content (AvgIpc) is 2.98. The lowest BCUT2D eigenvalue weighted by Gasteiger charge is -2.12. The minimum Gasteiger partial charge on any atom is -0.494 e. The van der Waals surface area contributed by atoms with Crippen LogP contribution in [0.25, 0.3) is 21.3 Å². The normalized spacial score (nSPS) is 12.5. The number of nitrogens with zero attached hydrogens (tertiary/aromatic N) is 1. The third-order valence-corrected chi connectivity index (χ3v) is 4.48. The number of rotatable bonds is 4. The van der Waals surface area contributed by atoms with Crippen LogP contribution in [0.3, 0.4) is 0 Å². The first-order valence-electron chi connectivity index (χ1n) is 6.75. The number of fused-ring (bicyclic) bond motifs is 1. The zero-order valence-corrected chi connectivity index (χ0v) is 12.7. The van der Waals surface area contributed by atoms with Crippen molar-refractivity contribution in [2.24, 2.45) is 5.73 Å². The van der Waals surface area contributed by atoms with E-state index in [1.54, 1.807) is 25.3 Å². The van der Waals surface area contributed by atoms with E-state index in [4.69, 9.17) is 10.5 Å². The van der Waals surface area contributed by atoms with Gasteiger partial charge in [0.25, 0.3) is 0 Å². The molecule has 2 heterocycles. The Kier molecular flexibility index (Phi) is 4.06. The third kappa shape index (κ3) is 2.45. The van der Waals surface area contributed by atoms with E-state index in [0.717, 1.165) is 10.9 Å². The van der Waals surface area contributed by atoms with Gasteiger partial charge in [0.05, 0.1) is 17.5 Å². The lowest BCUT2D eigenvalue weighted by Crippen LogP contribution is -2.13. The summed E-state index contributed by atoms with van der Waals surface area (Å²) >= 11 is 1.32. The van der Waals surface area contributed by atoms with Crippen LogP contribution in [-0.2, 0) is 0 Å². The van der Waals surface area contributed by atoms with Crippen molar-refractivity contribution in [1.82, 2.24) is 4.98 Å². The van der Waals surface area contributed by atoms with E-state index in [2.05, 4.69) is 4.98 Å². The van der Waals surface area contributed by atoms with Crippen LogP contribution in [0.5, 0.6) is 5.75 Å². The molecule has 0 aliphatic rings. The van der Waals surface area contributed by atoms with Gasteiger partial charge >= 0.3 is 0 Å². The summed E-state index contributed by atoms with van der Waals surface area (Å²) in [7, 11) is 1.55. The van der Waals surface area contributed by atoms with Crippen molar-refractivity contribution in [3.05, 3.63) is 47.2 Å². The SMILES string of the molecule is COc1ccc(C(O)CN)nc1-c1csc2c(F)cccc12. The molecule has 3 rings (SSSR count). The summed E-state index contributed by atoms with van der Waals surface area (Å²) < 4.78 is 19.8. The molecule has 4 nitrogen and oxygen atoms in total. The average molecular weight is 318 g/mol. The monoisotopic (exact) mass is 318 g/mol. The Morgan fingerprint density at radius 2 is 2.18 bits per heavy atom. The van der Waals surface area contributed by atoms with Gasteiger partial charge < -0.3 is 15.6 Å². The number of benzene rings is 1. The molecule has 1 atom stereocenters. The molecule has 0 saturated heterocycles. The van der Waals surface area contributed by atoms with Crippen LogP contribution >= 0.6 is 11.3 Å². The smallest absolute Gasteiger partial charge is 0.145 e. The molecular weight excluding hydrogens is 303 g/mol. The second-order valence-corrected chi connectivity index (χ2v) is 5.68. The second kappa shape index (κ2) is 6.00. The Balaban J connectivity index is 2.22. The Bertz CT molecular complexity index is 819. The Morgan fingerprint density at radius 1 is 1.36 bits per heavy atom. The number of ether oxygens (including phenoxy) is 1. The fourth-order valence-corrected chi connectivity index (χ4v) is 3.29. The van der Waals surface area contributed by atoms with Gasteiger partial charge in [0.1, 0.15) is 23.4 Å². The highest BCUT2D eigenvalue weighted by Crippen LogP contribution is 2.38. The molecule has 3 aromatic rings. The molecule has 2 aromatic heterocycles. The molecule has 0 aliphatic heterocycles. The first-order chi connectivity index (χ1) is 10.7. The summed E-state index contributed by atoms with van der Waals surface area (Å²) in [6.07, 6.45) is -0.841. The van der Waals surface area contributed by atoms with E-state index >= 15 is 0 Å². The van der Waals surface area contributed by atoms with Crippen LogP contribution in [0.2, 0.25) is 0 Å². The quantitative estimate of drug-likeness (QED) is 0.775. The van der Waals surface area contributed by atoms with Crippen LogP contribution in [0, 0.1) is 5.82 Å². The minimum absolute atomic E-state index is 0.0811.